The topological polar surface area (TPSA) is 30.8 Å². The van der Waals surface area contributed by atoms with Crippen LogP contribution in [0.5, 0.6) is 5.75 Å². The monoisotopic (exact) mass is 347 g/mol. The van der Waals surface area contributed by atoms with Gasteiger partial charge in [-0.25, -0.2) is 0 Å². The Morgan fingerprint density at radius 2 is 1.61 bits per heavy atom. The first-order valence-electron chi connectivity index (χ1n) is 7.45. The van der Waals surface area contributed by atoms with Crippen molar-refractivity contribution in [3.63, 3.8) is 0 Å². The molecular formula is C18H15Cl2NO2. The van der Waals surface area contributed by atoms with Crippen LogP contribution in [0, 0.1) is 20.8 Å². The maximum atomic E-state index is 6.47. The highest BCUT2D eigenvalue weighted by Gasteiger charge is 2.45. The number of ether oxygens (including phenoxy) is 1. The molecule has 23 heavy (non-hydrogen) atoms. The highest BCUT2D eigenvalue weighted by molar-refractivity contribution is 6.38. The van der Waals surface area contributed by atoms with E-state index < -0.39 is 6.29 Å². The normalized spacial score (nSPS) is 21.3. The van der Waals surface area contributed by atoms with E-state index in [1.54, 1.807) is 0 Å². The molecular weight excluding hydrogens is 333 g/mol. The molecule has 0 fully saturated rings. The lowest BCUT2D eigenvalue weighted by Gasteiger charge is -2.18. The quantitative estimate of drug-likeness (QED) is 0.713. The van der Waals surface area contributed by atoms with Crippen molar-refractivity contribution in [2.24, 2.45) is 5.16 Å². The molecule has 3 nitrogen and oxygen atoms in total. The minimum absolute atomic E-state index is 0.0570. The lowest BCUT2D eigenvalue weighted by Crippen LogP contribution is -2.21. The summed E-state index contributed by atoms with van der Waals surface area (Å²) in [5, 5.41) is 5.65. The Morgan fingerprint density at radius 3 is 2.30 bits per heavy atom. The van der Waals surface area contributed by atoms with E-state index in [1.165, 1.54) is 0 Å². The molecule has 2 aliphatic rings. The third-order valence-corrected chi connectivity index (χ3v) is 5.78. The summed E-state index contributed by atoms with van der Waals surface area (Å²) in [5.74, 6) is 0.785. The molecule has 0 aliphatic carbocycles. The summed E-state index contributed by atoms with van der Waals surface area (Å²) in [6, 6.07) is 7.94. The first kappa shape index (κ1) is 14.9. The number of hydrogen-bond acceptors (Lipinski definition) is 3. The van der Waals surface area contributed by atoms with Crippen LogP contribution in [0.15, 0.2) is 29.4 Å². The number of rotatable bonds is 1. The van der Waals surface area contributed by atoms with E-state index in [0.29, 0.717) is 10.0 Å². The molecule has 4 rings (SSSR count). The molecule has 0 radical (unpaired) electrons. The van der Waals surface area contributed by atoms with Crippen LogP contribution in [-0.4, -0.2) is 12.0 Å². The highest BCUT2D eigenvalue weighted by atomic mass is 35.5. The van der Waals surface area contributed by atoms with Crippen LogP contribution in [0.3, 0.4) is 0 Å². The third-order valence-electron chi connectivity index (χ3n) is 4.64. The van der Waals surface area contributed by atoms with E-state index in [4.69, 9.17) is 32.8 Å². The molecule has 2 aliphatic heterocycles. The number of nitrogens with zero attached hydrogens (tertiary/aromatic N) is 1. The van der Waals surface area contributed by atoms with Crippen molar-refractivity contribution in [2.75, 3.05) is 0 Å². The summed E-state index contributed by atoms with van der Waals surface area (Å²) in [7, 11) is 0. The van der Waals surface area contributed by atoms with E-state index in [9.17, 15) is 0 Å². The van der Waals surface area contributed by atoms with Crippen LogP contribution >= 0.6 is 23.2 Å². The van der Waals surface area contributed by atoms with Crippen LogP contribution in [0.2, 0.25) is 10.0 Å². The van der Waals surface area contributed by atoms with Crippen LogP contribution in [0.25, 0.3) is 0 Å². The summed E-state index contributed by atoms with van der Waals surface area (Å²) in [5.41, 5.74) is 5.71. The van der Waals surface area contributed by atoms with Crippen molar-refractivity contribution in [1.82, 2.24) is 0 Å². The minimum Gasteiger partial charge on any atom is -0.451 e. The highest BCUT2D eigenvalue weighted by Crippen LogP contribution is 2.46. The first-order chi connectivity index (χ1) is 11.0. The smallest absolute Gasteiger partial charge is 0.278 e. The molecule has 2 atom stereocenters. The lowest BCUT2D eigenvalue weighted by molar-refractivity contribution is -0.0523. The summed E-state index contributed by atoms with van der Waals surface area (Å²) >= 11 is 12.9. The van der Waals surface area contributed by atoms with Gasteiger partial charge in [0.05, 0.1) is 0 Å². The Bertz CT molecular complexity index is 831. The van der Waals surface area contributed by atoms with Crippen molar-refractivity contribution >= 4 is 28.9 Å². The second-order valence-corrected chi connectivity index (χ2v) is 6.72. The van der Waals surface area contributed by atoms with Crippen molar-refractivity contribution in [3.05, 3.63) is 62.1 Å². The van der Waals surface area contributed by atoms with Crippen LogP contribution < -0.4 is 4.74 Å². The number of benzene rings is 2. The molecule has 118 valence electrons. The van der Waals surface area contributed by atoms with Gasteiger partial charge in [-0.1, -0.05) is 46.6 Å². The second-order valence-electron chi connectivity index (χ2n) is 5.96. The zero-order valence-electron chi connectivity index (χ0n) is 13.0. The molecule has 2 unspecified atom stereocenters. The molecule has 0 bridgehead atoms. The molecule has 2 heterocycles. The van der Waals surface area contributed by atoms with Crippen molar-refractivity contribution in [2.45, 2.75) is 33.0 Å². The Labute approximate surface area is 144 Å². The van der Waals surface area contributed by atoms with Crippen LogP contribution in [-0.2, 0) is 4.84 Å². The molecule has 5 heteroatoms. The summed E-state index contributed by atoms with van der Waals surface area (Å²) in [6.07, 6.45) is -0.417. The zero-order chi connectivity index (χ0) is 16.3. The van der Waals surface area contributed by atoms with Gasteiger partial charge in [-0.2, -0.15) is 0 Å². The largest absolute Gasteiger partial charge is 0.451 e. The minimum atomic E-state index is -0.417. The van der Waals surface area contributed by atoms with Gasteiger partial charge in [0.2, 0.25) is 0 Å². The fraction of sp³-hybridized carbons (Fsp3) is 0.278. The maximum Gasteiger partial charge on any atom is 0.278 e. The van der Waals surface area contributed by atoms with Gasteiger partial charge in [-0.3, -0.25) is 0 Å². The summed E-state index contributed by atoms with van der Waals surface area (Å²) < 4.78 is 5.84. The molecule has 0 N–H and O–H groups in total. The van der Waals surface area contributed by atoms with Crippen LogP contribution in [0.1, 0.15) is 33.7 Å². The van der Waals surface area contributed by atoms with Crippen molar-refractivity contribution in [1.29, 1.82) is 0 Å². The van der Waals surface area contributed by atoms with Gasteiger partial charge in [0.15, 0.2) is 0 Å². The summed E-state index contributed by atoms with van der Waals surface area (Å²) in [6.45, 7) is 5.91. The standard InChI is InChI=1S/C18H15Cl2NO2/c1-8-13(9(2)16(20)10(3)15(8)19)17-14-11-6-4-5-7-12(11)22-18(14)23-21-17/h4-7,14,18H,1-3H3. The molecule has 2 aromatic carbocycles. The molecule has 0 aromatic heterocycles. The fourth-order valence-electron chi connectivity index (χ4n) is 3.45. The first-order valence-corrected chi connectivity index (χ1v) is 8.20. The van der Waals surface area contributed by atoms with Gasteiger partial charge in [0, 0.05) is 21.2 Å². The van der Waals surface area contributed by atoms with Gasteiger partial charge < -0.3 is 9.57 Å². The Hall–Kier alpha value is -1.71. The van der Waals surface area contributed by atoms with Gasteiger partial charge >= 0.3 is 0 Å². The van der Waals surface area contributed by atoms with E-state index in [0.717, 1.165) is 39.3 Å². The number of para-hydroxylation sites is 1. The second kappa shape index (κ2) is 5.15. The van der Waals surface area contributed by atoms with Gasteiger partial charge in [-0.15, -0.1) is 0 Å². The molecule has 2 aromatic rings. The Kier molecular flexibility index (Phi) is 3.33. The number of hydrogen-bond donors (Lipinski definition) is 0. The molecule has 0 saturated heterocycles. The van der Waals surface area contributed by atoms with Crippen LogP contribution in [0.4, 0.5) is 0 Å². The van der Waals surface area contributed by atoms with Crippen molar-refractivity contribution in [3.8, 4) is 5.75 Å². The average Bonchev–Trinajstić information content (AvgIpc) is 3.11. The number of oxime groups is 1. The maximum absolute atomic E-state index is 6.47. The predicted octanol–water partition coefficient (Wildman–Crippen LogP) is 5.16. The van der Waals surface area contributed by atoms with E-state index >= 15 is 0 Å². The van der Waals surface area contributed by atoms with E-state index in [2.05, 4.69) is 5.16 Å². The van der Waals surface area contributed by atoms with Gasteiger partial charge in [0.25, 0.3) is 6.29 Å². The third kappa shape index (κ3) is 2.00. The molecule has 0 spiro atoms. The average molecular weight is 348 g/mol. The lowest BCUT2D eigenvalue weighted by atomic mass is 9.86. The van der Waals surface area contributed by atoms with Gasteiger partial charge in [-0.05, 0) is 43.5 Å². The fourth-order valence-corrected chi connectivity index (χ4v) is 3.88. The van der Waals surface area contributed by atoms with Crippen molar-refractivity contribution < 1.29 is 9.57 Å². The van der Waals surface area contributed by atoms with Gasteiger partial charge in [0.1, 0.15) is 17.4 Å². The van der Waals surface area contributed by atoms with E-state index in [1.807, 2.05) is 45.0 Å². The molecule has 0 amide bonds. The number of fused-ring (bicyclic) bond motifs is 3. The Morgan fingerprint density at radius 1 is 0.957 bits per heavy atom. The SMILES string of the molecule is Cc1c(Cl)c(C)c(C2=NOC3Oc4ccccc4C23)c(C)c1Cl. The summed E-state index contributed by atoms with van der Waals surface area (Å²) in [4.78, 5) is 5.53. The molecule has 0 saturated carbocycles. The predicted molar refractivity (Wildman–Crippen MR) is 91.9 cm³/mol. The number of halogens is 2. The van der Waals surface area contributed by atoms with E-state index in [-0.39, 0.29) is 5.92 Å². The zero-order valence-corrected chi connectivity index (χ0v) is 14.5. The Balaban J connectivity index is 1.91.